The fraction of sp³-hybridized carbons (Fsp3) is 0.467. The van der Waals surface area contributed by atoms with Gasteiger partial charge in [0.2, 0.25) is 11.8 Å². The molecule has 0 aliphatic carbocycles. The van der Waals surface area contributed by atoms with E-state index in [0.717, 1.165) is 5.56 Å². The van der Waals surface area contributed by atoms with Gasteiger partial charge < -0.3 is 15.0 Å². The van der Waals surface area contributed by atoms with Crippen LogP contribution in [0.5, 0.6) is 0 Å². The molecular formula is C15H19FN2O3. The van der Waals surface area contributed by atoms with Crippen molar-refractivity contribution in [2.24, 2.45) is 0 Å². The standard InChI is InChI=1S/C15H19FN2O3/c1-18-9-13(21-10-15(18)20)8-17-14(19)7-4-11-2-5-12(16)6-3-11/h2-3,5-6,13H,4,7-10H2,1H3,(H,17,19). The number of hydrogen-bond donors (Lipinski definition) is 1. The van der Waals surface area contributed by atoms with Crippen molar-refractivity contribution in [3.8, 4) is 0 Å². The molecule has 1 N–H and O–H groups in total. The molecule has 1 heterocycles. The van der Waals surface area contributed by atoms with Crippen LogP contribution in [0.4, 0.5) is 4.39 Å². The Morgan fingerprint density at radius 3 is 2.81 bits per heavy atom. The average Bonchev–Trinajstić information content (AvgIpc) is 2.48. The molecule has 0 bridgehead atoms. The molecule has 1 saturated heterocycles. The number of halogens is 1. The molecule has 6 heteroatoms. The minimum Gasteiger partial charge on any atom is -0.365 e. The van der Waals surface area contributed by atoms with Crippen molar-refractivity contribution in [1.82, 2.24) is 10.2 Å². The second-order valence-corrected chi connectivity index (χ2v) is 5.14. The molecular weight excluding hydrogens is 275 g/mol. The van der Waals surface area contributed by atoms with Crippen LogP contribution < -0.4 is 5.32 Å². The van der Waals surface area contributed by atoms with Crippen molar-refractivity contribution in [1.29, 1.82) is 0 Å². The molecule has 21 heavy (non-hydrogen) atoms. The van der Waals surface area contributed by atoms with E-state index in [2.05, 4.69) is 5.32 Å². The lowest BCUT2D eigenvalue weighted by molar-refractivity contribution is -0.146. The van der Waals surface area contributed by atoms with Gasteiger partial charge in [-0.15, -0.1) is 0 Å². The van der Waals surface area contributed by atoms with Crippen molar-refractivity contribution >= 4 is 11.8 Å². The molecule has 1 unspecified atom stereocenters. The van der Waals surface area contributed by atoms with E-state index in [1.54, 1.807) is 24.1 Å². The van der Waals surface area contributed by atoms with Crippen LogP contribution in [0, 0.1) is 5.82 Å². The molecule has 0 radical (unpaired) electrons. The predicted molar refractivity (Wildman–Crippen MR) is 75.1 cm³/mol. The van der Waals surface area contributed by atoms with E-state index in [1.807, 2.05) is 0 Å². The highest BCUT2D eigenvalue weighted by atomic mass is 19.1. The fourth-order valence-corrected chi connectivity index (χ4v) is 2.11. The summed E-state index contributed by atoms with van der Waals surface area (Å²) >= 11 is 0. The minimum absolute atomic E-state index is 0.0473. The highest BCUT2D eigenvalue weighted by Crippen LogP contribution is 2.06. The van der Waals surface area contributed by atoms with Crippen LogP contribution in [-0.2, 0) is 20.7 Å². The number of rotatable bonds is 5. The SMILES string of the molecule is CN1CC(CNC(=O)CCc2ccc(F)cc2)OCC1=O. The summed E-state index contributed by atoms with van der Waals surface area (Å²) in [5.41, 5.74) is 0.922. The smallest absolute Gasteiger partial charge is 0.248 e. The van der Waals surface area contributed by atoms with Gasteiger partial charge in [-0.05, 0) is 24.1 Å². The first kappa shape index (κ1) is 15.4. The van der Waals surface area contributed by atoms with Gasteiger partial charge in [0, 0.05) is 26.6 Å². The van der Waals surface area contributed by atoms with E-state index in [-0.39, 0.29) is 30.3 Å². The van der Waals surface area contributed by atoms with E-state index < -0.39 is 0 Å². The monoisotopic (exact) mass is 294 g/mol. The van der Waals surface area contributed by atoms with Crippen LogP contribution in [0.3, 0.4) is 0 Å². The zero-order valence-electron chi connectivity index (χ0n) is 12.0. The summed E-state index contributed by atoms with van der Waals surface area (Å²) in [7, 11) is 1.72. The summed E-state index contributed by atoms with van der Waals surface area (Å²) in [6.45, 7) is 0.934. The summed E-state index contributed by atoms with van der Waals surface area (Å²) in [5, 5.41) is 2.79. The third-order valence-electron chi connectivity index (χ3n) is 3.43. The predicted octanol–water partition coefficient (Wildman–Crippen LogP) is 0.732. The molecule has 0 spiro atoms. The Morgan fingerprint density at radius 2 is 2.14 bits per heavy atom. The maximum Gasteiger partial charge on any atom is 0.248 e. The van der Waals surface area contributed by atoms with Gasteiger partial charge in [-0.3, -0.25) is 9.59 Å². The van der Waals surface area contributed by atoms with E-state index in [4.69, 9.17) is 4.74 Å². The number of amides is 2. The summed E-state index contributed by atoms with van der Waals surface area (Å²) in [4.78, 5) is 24.6. The number of benzene rings is 1. The molecule has 1 aromatic rings. The van der Waals surface area contributed by atoms with Gasteiger partial charge >= 0.3 is 0 Å². The molecule has 114 valence electrons. The lowest BCUT2D eigenvalue weighted by atomic mass is 10.1. The van der Waals surface area contributed by atoms with Crippen molar-refractivity contribution < 1.29 is 18.7 Å². The lowest BCUT2D eigenvalue weighted by Crippen LogP contribution is -2.48. The van der Waals surface area contributed by atoms with Gasteiger partial charge in [-0.25, -0.2) is 4.39 Å². The molecule has 5 nitrogen and oxygen atoms in total. The van der Waals surface area contributed by atoms with Crippen molar-refractivity contribution in [3.63, 3.8) is 0 Å². The lowest BCUT2D eigenvalue weighted by Gasteiger charge is -2.29. The number of hydrogen-bond acceptors (Lipinski definition) is 3. The Balaban J connectivity index is 1.68. The number of carbonyl (C=O) groups is 2. The number of carbonyl (C=O) groups excluding carboxylic acids is 2. The van der Waals surface area contributed by atoms with Gasteiger partial charge in [0.05, 0.1) is 6.10 Å². The van der Waals surface area contributed by atoms with Crippen LogP contribution in [0.25, 0.3) is 0 Å². The van der Waals surface area contributed by atoms with Crippen LogP contribution in [0.1, 0.15) is 12.0 Å². The third kappa shape index (κ3) is 4.82. The number of morpholine rings is 1. The molecule has 0 saturated carbocycles. The molecule has 2 rings (SSSR count). The normalized spacial score (nSPS) is 18.7. The van der Waals surface area contributed by atoms with Crippen molar-refractivity contribution in [3.05, 3.63) is 35.6 Å². The first-order valence-electron chi connectivity index (χ1n) is 6.91. The molecule has 1 fully saturated rings. The number of nitrogens with one attached hydrogen (secondary N) is 1. The maximum atomic E-state index is 12.8. The minimum atomic E-state index is -0.281. The molecule has 1 atom stereocenters. The molecule has 1 aromatic carbocycles. The maximum absolute atomic E-state index is 12.8. The number of aryl methyl sites for hydroxylation is 1. The van der Waals surface area contributed by atoms with Crippen LogP contribution in [-0.4, -0.2) is 49.6 Å². The Kier molecular flexibility index (Phi) is 5.27. The first-order chi connectivity index (χ1) is 10.0. The number of likely N-dealkylation sites (N-methyl/N-ethyl adjacent to an activating group) is 1. The Hall–Kier alpha value is -1.95. The van der Waals surface area contributed by atoms with Gasteiger partial charge in [-0.2, -0.15) is 0 Å². The topological polar surface area (TPSA) is 58.6 Å². The summed E-state index contributed by atoms with van der Waals surface area (Å²) in [6.07, 6.45) is 0.742. The van der Waals surface area contributed by atoms with Gasteiger partial charge in [0.25, 0.3) is 0 Å². The largest absolute Gasteiger partial charge is 0.365 e. The number of nitrogens with zero attached hydrogens (tertiary/aromatic N) is 1. The average molecular weight is 294 g/mol. The van der Waals surface area contributed by atoms with Crippen molar-refractivity contribution in [2.45, 2.75) is 18.9 Å². The van der Waals surface area contributed by atoms with Crippen LogP contribution >= 0.6 is 0 Å². The highest BCUT2D eigenvalue weighted by molar-refractivity contribution is 5.78. The van der Waals surface area contributed by atoms with Gasteiger partial charge in [0.1, 0.15) is 12.4 Å². The fourth-order valence-electron chi connectivity index (χ4n) is 2.11. The second-order valence-electron chi connectivity index (χ2n) is 5.14. The van der Waals surface area contributed by atoms with Gasteiger partial charge in [0.15, 0.2) is 0 Å². The molecule has 0 aromatic heterocycles. The highest BCUT2D eigenvalue weighted by Gasteiger charge is 2.23. The third-order valence-corrected chi connectivity index (χ3v) is 3.43. The van der Waals surface area contributed by atoms with Crippen LogP contribution in [0.15, 0.2) is 24.3 Å². The molecule has 1 aliphatic rings. The zero-order chi connectivity index (χ0) is 15.2. The van der Waals surface area contributed by atoms with E-state index in [1.165, 1.54) is 12.1 Å². The summed E-state index contributed by atoms with van der Waals surface area (Å²) in [5.74, 6) is -0.410. The van der Waals surface area contributed by atoms with E-state index in [0.29, 0.717) is 25.9 Å². The van der Waals surface area contributed by atoms with E-state index >= 15 is 0 Å². The van der Waals surface area contributed by atoms with Crippen molar-refractivity contribution in [2.75, 3.05) is 26.7 Å². The Bertz CT molecular complexity index is 504. The van der Waals surface area contributed by atoms with E-state index in [9.17, 15) is 14.0 Å². The zero-order valence-corrected chi connectivity index (χ0v) is 12.0. The van der Waals surface area contributed by atoms with Gasteiger partial charge in [-0.1, -0.05) is 12.1 Å². The summed E-state index contributed by atoms with van der Waals surface area (Å²) < 4.78 is 18.1. The molecule has 2 amide bonds. The Labute approximate surface area is 123 Å². The first-order valence-corrected chi connectivity index (χ1v) is 6.91. The molecule has 1 aliphatic heterocycles. The quantitative estimate of drug-likeness (QED) is 0.871. The second kappa shape index (κ2) is 7.17. The Morgan fingerprint density at radius 1 is 1.43 bits per heavy atom. The number of ether oxygens (including phenoxy) is 1. The van der Waals surface area contributed by atoms with Crippen LogP contribution in [0.2, 0.25) is 0 Å². The summed E-state index contributed by atoms with van der Waals surface area (Å²) in [6, 6.07) is 6.12.